The molecule has 40 heavy (non-hydrogen) atoms. The van der Waals surface area contributed by atoms with Crippen LogP contribution in [0.25, 0.3) is 0 Å². The summed E-state index contributed by atoms with van der Waals surface area (Å²) in [6, 6.07) is 16.1. The van der Waals surface area contributed by atoms with Crippen LogP contribution in [0, 0.1) is 13.8 Å². The Kier molecular flexibility index (Phi) is 7.72. The van der Waals surface area contributed by atoms with Gasteiger partial charge in [0.25, 0.3) is 5.91 Å². The molecule has 0 saturated carbocycles. The number of rotatable bonds is 8. The maximum Gasteiger partial charge on any atom is 0.318 e. The SMILES string of the molecule is Cc1ccc(C2c3cc(OCCc4cccc(O)c4)c(C(N)=O)cc3CCN2C(=O)NCc2cocn2)c(C)c1. The molecular formula is C31H32N4O5. The van der Waals surface area contributed by atoms with Gasteiger partial charge in [-0.15, -0.1) is 0 Å². The van der Waals surface area contributed by atoms with Gasteiger partial charge in [-0.2, -0.15) is 0 Å². The van der Waals surface area contributed by atoms with Crippen LogP contribution in [0.3, 0.4) is 0 Å². The summed E-state index contributed by atoms with van der Waals surface area (Å²) >= 11 is 0. The highest BCUT2D eigenvalue weighted by atomic mass is 16.5. The Hall–Kier alpha value is -4.79. The van der Waals surface area contributed by atoms with Crippen molar-refractivity contribution in [1.29, 1.82) is 0 Å². The van der Waals surface area contributed by atoms with E-state index in [-0.39, 0.29) is 24.9 Å². The van der Waals surface area contributed by atoms with Gasteiger partial charge in [0, 0.05) is 13.0 Å². The third-order valence-corrected chi connectivity index (χ3v) is 7.18. The third kappa shape index (κ3) is 5.78. The Morgan fingerprint density at radius 2 is 2.00 bits per heavy atom. The number of hydrogen-bond acceptors (Lipinski definition) is 6. The summed E-state index contributed by atoms with van der Waals surface area (Å²) in [4.78, 5) is 31.8. The maximum atomic E-state index is 13.5. The van der Waals surface area contributed by atoms with Crippen molar-refractivity contribution in [2.24, 2.45) is 5.73 Å². The van der Waals surface area contributed by atoms with Crippen LogP contribution in [0.15, 0.2) is 71.7 Å². The summed E-state index contributed by atoms with van der Waals surface area (Å²) in [5.41, 5.74) is 12.6. The molecule has 0 bridgehead atoms. The minimum atomic E-state index is -0.578. The first-order valence-corrected chi connectivity index (χ1v) is 13.2. The number of phenolic OH excluding ortho intramolecular Hbond substituents is 1. The van der Waals surface area contributed by atoms with Crippen molar-refractivity contribution in [2.45, 2.75) is 39.3 Å². The Balaban J connectivity index is 1.50. The second kappa shape index (κ2) is 11.5. The van der Waals surface area contributed by atoms with E-state index in [1.165, 1.54) is 12.7 Å². The molecule has 0 radical (unpaired) electrons. The van der Waals surface area contributed by atoms with Crippen molar-refractivity contribution in [3.8, 4) is 11.5 Å². The number of oxazole rings is 1. The number of aromatic hydroxyl groups is 1. The van der Waals surface area contributed by atoms with Gasteiger partial charge in [-0.25, -0.2) is 9.78 Å². The van der Waals surface area contributed by atoms with Crippen LogP contribution in [0.2, 0.25) is 0 Å². The first-order chi connectivity index (χ1) is 19.3. The maximum absolute atomic E-state index is 13.5. The number of carbonyl (C=O) groups excluding carboxylic acids is 2. The number of ether oxygens (including phenoxy) is 1. The number of nitrogens with two attached hydrogens (primary N) is 1. The lowest BCUT2D eigenvalue weighted by Crippen LogP contribution is -2.46. The molecule has 0 fully saturated rings. The first kappa shape index (κ1) is 26.8. The number of carbonyl (C=O) groups is 2. The van der Waals surface area contributed by atoms with Crippen LogP contribution < -0.4 is 15.8 Å². The highest BCUT2D eigenvalue weighted by molar-refractivity contribution is 5.96. The Bertz CT molecular complexity index is 1530. The zero-order chi connectivity index (χ0) is 28.2. The molecule has 1 aliphatic heterocycles. The van der Waals surface area contributed by atoms with E-state index in [0.29, 0.717) is 36.4 Å². The molecule has 1 aromatic heterocycles. The predicted octanol–water partition coefficient (Wildman–Crippen LogP) is 4.57. The van der Waals surface area contributed by atoms with Gasteiger partial charge in [-0.3, -0.25) is 4.79 Å². The highest BCUT2D eigenvalue weighted by Gasteiger charge is 2.34. The number of aryl methyl sites for hydroxylation is 2. The summed E-state index contributed by atoms with van der Waals surface area (Å²) in [5, 5.41) is 12.7. The van der Waals surface area contributed by atoms with Crippen LogP contribution >= 0.6 is 0 Å². The van der Waals surface area contributed by atoms with Crippen molar-refractivity contribution in [1.82, 2.24) is 15.2 Å². The Morgan fingerprint density at radius 1 is 1.15 bits per heavy atom. The number of benzene rings is 3. The van der Waals surface area contributed by atoms with E-state index in [0.717, 1.165) is 33.4 Å². The quantitative estimate of drug-likeness (QED) is 0.300. The van der Waals surface area contributed by atoms with E-state index in [4.69, 9.17) is 14.9 Å². The fourth-order valence-electron chi connectivity index (χ4n) is 5.23. The Morgan fingerprint density at radius 3 is 2.73 bits per heavy atom. The summed E-state index contributed by atoms with van der Waals surface area (Å²) in [6.45, 7) is 5.03. The average molecular weight is 541 g/mol. The molecule has 0 spiro atoms. The van der Waals surface area contributed by atoms with E-state index in [2.05, 4.69) is 16.4 Å². The number of nitrogens with one attached hydrogen (secondary N) is 1. The number of primary amides is 1. The minimum absolute atomic E-state index is 0.183. The van der Waals surface area contributed by atoms with Gasteiger partial charge >= 0.3 is 6.03 Å². The van der Waals surface area contributed by atoms with Crippen molar-refractivity contribution >= 4 is 11.9 Å². The highest BCUT2D eigenvalue weighted by Crippen LogP contribution is 2.40. The summed E-state index contributed by atoms with van der Waals surface area (Å²) < 4.78 is 11.1. The lowest BCUT2D eigenvalue weighted by atomic mass is 9.85. The minimum Gasteiger partial charge on any atom is -0.508 e. The number of hydrogen-bond donors (Lipinski definition) is 3. The van der Waals surface area contributed by atoms with Gasteiger partial charge in [0.15, 0.2) is 6.39 Å². The lowest BCUT2D eigenvalue weighted by molar-refractivity contribution is 0.0996. The zero-order valence-electron chi connectivity index (χ0n) is 22.5. The molecule has 3 amide bonds. The van der Waals surface area contributed by atoms with Crippen molar-refractivity contribution < 1.29 is 23.8 Å². The summed E-state index contributed by atoms with van der Waals surface area (Å²) in [6.07, 6.45) is 3.91. The lowest BCUT2D eigenvalue weighted by Gasteiger charge is -2.39. The number of amides is 3. The second-order valence-corrected chi connectivity index (χ2v) is 10.0. The van der Waals surface area contributed by atoms with Gasteiger partial charge in [0.05, 0.1) is 30.5 Å². The summed E-state index contributed by atoms with van der Waals surface area (Å²) in [7, 11) is 0. The molecule has 0 saturated heterocycles. The molecule has 1 unspecified atom stereocenters. The molecular weight excluding hydrogens is 508 g/mol. The summed E-state index contributed by atoms with van der Waals surface area (Å²) in [5.74, 6) is -0.0284. The number of nitrogens with zero attached hydrogens (tertiary/aromatic N) is 2. The first-order valence-electron chi connectivity index (χ1n) is 13.2. The number of phenols is 1. The van der Waals surface area contributed by atoms with E-state index >= 15 is 0 Å². The standard InChI is InChI=1S/C31H32N4O5/c1-19-6-7-25(20(2)12-19)29-26-15-28(40-11-9-21-4-3-5-24(36)13-21)27(30(32)37)14-22(26)8-10-35(29)31(38)33-16-23-17-39-18-34-23/h3-7,12-15,17-18,29,36H,8-11,16H2,1-2H3,(H2,32,37)(H,33,38). The van der Waals surface area contributed by atoms with Crippen LogP contribution in [0.4, 0.5) is 4.79 Å². The average Bonchev–Trinajstić information content (AvgIpc) is 3.45. The van der Waals surface area contributed by atoms with E-state index < -0.39 is 11.9 Å². The van der Waals surface area contributed by atoms with Gasteiger partial charge < -0.3 is 30.2 Å². The number of urea groups is 1. The number of fused-ring (bicyclic) bond motifs is 1. The van der Waals surface area contributed by atoms with Crippen molar-refractivity contribution in [3.63, 3.8) is 0 Å². The Labute approximate surface area is 232 Å². The monoisotopic (exact) mass is 540 g/mol. The fourth-order valence-corrected chi connectivity index (χ4v) is 5.23. The van der Waals surface area contributed by atoms with E-state index in [1.807, 2.05) is 38.1 Å². The topological polar surface area (TPSA) is 131 Å². The molecule has 4 N–H and O–H groups in total. The van der Waals surface area contributed by atoms with Crippen molar-refractivity contribution in [2.75, 3.05) is 13.2 Å². The molecule has 2 heterocycles. The normalized spacial score (nSPS) is 14.4. The second-order valence-electron chi connectivity index (χ2n) is 10.0. The van der Waals surface area contributed by atoms with Gasteiger partial charge in [-0.05, 0) is 72.4 Å². The van der Waals surface area contributed by atoms with Crippen LogP contribution in [-0.2, 0) is 19.4 Å². The van der Waals surface area contributed by atoms with E-state index in [1.54, 1.807) is 29.2 Å². The third-order valence-electron chi connectivity index (χ3n) is 7.18. The van der Waals surface area contributed by atoms with Gasteiger partial charge in [-0.1, -0.05) is 35.9 Å². The predicted molar refractivity (Wildman–Crippen MR) is 149 cm³/mol. The largest absolute Gasteiger partial charge is 0.508 e. The van der Waals surface area contributed by atoms with Crippen LogP contribution in [0.1, 0.15) is 55.5 Å². The molecule has 3 aromatic carbocycles. The molecule has 1 atom stereocenters. The number of aromatic nitrogens is 1. The molecule has 9 heteroatoms. The molecule has 0 aliphatic carbocycles. The molecule has 1 aliphatic rings. The van der Waals surface area contributed by atoms with Crippen molar-refractivity contribution in [3.05, 3.63) is 112 Å². The molecule has 4 aromatic rings. The molecule has 5 rings (SSSR count). The molecule has 206 valence electrons. The smallest absolute Gasteiger partial charge is 0.318 e. The van der Waals surface area contributed by atoms with Gasteiger partial charge in [0.2, 0.25) is 0 Å². The molecule has 9 nitrogen and oxygen atoms in total. The fraction of sp³-hybridized carbons (Fsp3) is 0.258. The van der Waals surface area contributed by atoms with Gasteiger partial charge in [0.1, 0.15) is 17.8 Å². The van der Waals surface area contributed by atoms with Crippen LogP contribution in [-0.4, -0.2) is 40.1 Å². The van der Waals surface area contributed by atoms with Crippen LogP contribution in [0.5, 0.6) is 11.5 Å². The zero-order valence-corrected chi connectivity index (χ0v) is 22.5. The van der Waals surface area contributed by atoms with E-state index in [9.17, 15) is 14.7 Å².